The lowest BCUT2D eigenvalue weighted by Crippen LogP contribution is -2.47. The average molecular weight is 474 g/mol. The number of piperidine rings is 1. The summed E-state index contributed by atoms with van der Waals surface area (Å²) in [5, 5.41) is 2.95. The first-order chi connectivity index (χ1) is 15.7. The lowest BCUT2D eigenvalue weighted by molar-refractivity contribution is -0.122. The molecule has 0 spiro atoms. The summed E-state index contributed by atoms with van der Waals surface area (Å²) < 4.78 is 31.9. The van der Waals surface area contributed by atoms with E-state index in [0.29, 0.717) is 18.0 Å². The molecule has 1 saturated heterocycles. The van der Waals surface area contributed by atoms with Gasteiger partial charge in [-0.3, -0.25) is 14.0 Å². The molecule has 1 aliphatic heterocycles. The normalized spacial score (nSPS) is 15.6. The molecular formula is C25H35N3O4S. The number of rotatable bonds is 9. The van der Waals surface area contributed by atoms with E-state index in [1.54, 1.807) is 19.1 Å². The molecule has 0 bridgehead atoms. The third-order valence-electron chi connectivity index (χ3n) is 6.07. The summed E-state index contributed by atoms with van der Waals surface area (Å²) in [5.74, 6) is 0.0364. The number of sulfonamides is 1. The zero-order chi connectivity index (χ0) is 24.0. The molecule has 1 amide bonds. The van der Waals surface area contributed by atoms with Crippen LogP contribution in [0, 0.1) is 6.92 Å². The van der Waals surface area contributed by atoms with E-state index in [1.165, 1.54) is 31.9 Å². The monoisotopic (exact) mass is 473 g/mol. The van der Waals surface area contributed by atoms with Crippen LogP contribution in [0.5, 0.6) is 5.75 Å². The van der Waals surface area contributed by atoms with Crippen molar-refractivity contribution in [2.45, 2.75) is 52.2 Å². The summed E-state index contributed by atoms with van der Waals surface area (Å²) in [4.78, 5) is 15.5. The second-order valence-corrected chi connectivity index (χ2v) is 10.6. The SMILES string of the molecule is COc1ccc(C)cc1N([C@H](C)C(=O)NCc1ccccc1CN1CCCCC1)S(C)(=O)=O. The molecule has 7 nitrogen and oxygen atoms in total. The van der Waals surface area contributed by atoms with Crippen molar-refractivity contribution < 1.29 is 17.9 Å². The van der Waals surface area contributed by atoms with Gasteiger partial charge in [0.1, 0.15) is 11.8 Å². The molecule has 3 rings (SSSR count). The van der Waals surface area contributed by atoms with Crippen LogP contribution in [0.2, 0.25) is 0 Å². The van der Waals surface area contributed by atoms with Crippen molar-refractivity contribution in [2.24, 2.45) is 0 Å². The highest BCUT2D eigenvalue weighted by molar-refractivity contribution is 7.92. The van der Waals surface area contributed by atoms with Crippen LogP contribution in [-0.2, 0) is 27.9 Å². The van der Waals surface area contributed by atoms with E-state index < -0.39 is 16.1 Å². The van der Waals surface area contributed by atoms with Crippen LogP contribution < -0.4 is 14.4 Å². The van der Waals surface area contributed by atoms with E-state index in [2.05, 4.69) is 16.3 Å². The minimum Gasteiger partial charge on any atom is -0.495 e. The summed E-state index contributed by atoms with van der Waals surface area (Å²) in [6, 6.07) is 12.4. The second-order valence-electron chi connectivity index (χ2n) is 8.73. The Balaban J connectivity index is 1.76. The van der Waals surface area contributed by atoms with E-state index in [4.69, 9.17) is 4.74 Å². The smallest absolute Gasteiger partial charge is 0.243 e. The van der Waals surface area contributed by atoms with Gasteiger partial charge in [-0.2, -0.15) is 0 Å². The van der Waals surface area contributed by atoms with Gasteiger partial charge in [0.15, 0.2) is 0 Å². The predicted octanol–water partition coefficient (Wildman–Crippen LogP) is 3.46. The summed E-state index contributed by atoms with van der Waals surface area (Å²) in [7, 11) is -2.25. The maximum absolute atomic E-state index is 13.1. The van der Waals surface area contributed by atoms with Crippen LogP contribution in [-0.4, -0.2) is 51.7 Å². The molecule has 1 atom stereocenters. The number of anilines is 1. The van der Waals surface area contributed by atoms with Crippen LogP contribution in [0.15, 0.2) is 42.5 Å². The molecule has 1 fully saturated rings. The van der Waals surface area contributed by atoms with Gasteiger partial charge in [-0.05, 0) is 68.6 Å². The molecule has 1 aliphatic rings. The topological polar surface area (TPSA) is 79.0 Å². The van der Waals surface area contributed by atoms with E-state index in [0.717, 1.165) is 41.3 Å². The van der Waals surface area contributed by atoms with Crippen LogP contribution in [0.3, 0.4) is 0 Å². The van der Waals surface area contributed by atoms with Crippen molar-refractivity contribution >= 4 is 21.6 Å². The third kappa shape index (κ3) is 6.48. The van der Waals surface area contributed by atoms with Gasteiger partial charge < -0.3 is 10.1 Å². The van der Waals surface area contributed by atoms with Gasteiger partial charge in [-0.25, -0.2) is 8.42 Å². The Kier molecular flexibility index (Phi) is 8.37. The van der Waals surface area contributed by atoms with Crippen molar-refractivity contribution in [3.63, 3.8) is 0 Å². The summed E-state index contributed by atoms with van der Waals surface area (Å²) in [6.45, 7) is 6.86. The molecule has 0 aliphatic carbocycles. The van der Waals surface area contributed by atoms with Gasteiger partial charge in [0, 0.05) is 13.1 Å². The maximum atomic E-state index is 13.1. The van der Waals surface area contributed by atoms with Crippen LogP contribution in [0.4, 0.5) is 5.69 Å². The zero-order valence-corrected chi connectivity index (χ0v) is 20.8. The van der Waals surface area contributed by atoms with Gasteiger partial charge in [0.05, 0.1) is 19.1 Å². The maximum Gasteiger partial charge on any atom is 0.243 e. The molecular weight excluding hydrogens is 438 g/mol. The molecule has 1 N–H and O–H groups in total. The Morgan fingerprint density at radius 2 is 1.79 bits per heavy atom. The highest BCUT2D eigenvalue weighted by Crippen LogP contribution is 2.32. The molecule has 0 aromatic heterocycles. The number of carbonyl (C=O) groups excluding carboxylic acids is 1. The van der Waals surface area contributed by atoms with E-state index in [-0.39, 0.29) is 5.91 Å². The number of nitrogens with one attached hydrogen (secondary N) is 1. The largest absolute Gasteiger partial charge is 0.495 e. The number of hydrogen-bond donors (Lipinski definition) is 1. The molecule has 8 heteroatoms. The second kappa shape index (κ2) is 11.0. The highest BCUT2D eigenvalue weighted by Gasteiger charge is 2.31. The van der Waals surface area contributed by atoms with Crippen molar-refractivity contribution in [1.82, 2.24) is 10.2 Å². The lowest BCUT2D eigenvalue weighted by Gasteiger charge is -2.30. The quantitative estimate of drug-likeness (QED) is 0.603. The number of ether oxygens (including phenoxy) is 1. The fraction of sp³-hybridized carbons (Fsp3) is 0.480. The fourth-order valence-corrected chi connectivity index (χ4v) is 5.50. The molecule has 2 aromatic rings. The number of nitrogens with zero attached hydrogens (tertiary/aromatic N) is 2. The lowest BCUT2D eigenvalue weighted by atomic mass is 10.0. The van der Waals surface area contributed by atoms with Gasteiger partial charge in [0.2, 0.25) is 15.9 Å². The van der Waals surface area contributed by atoms with Crippen molar-refractivity contribution in [1.29, 1.82) is 0 Å². The summed E-state index contributed by atoms with van der Waals surface area (Å²) >= 11 is 0. The number of likely N-dealkylation sites (tertiary alicyclic amines) is 1. The Bertz CT molecular complexity index is 1070. The van der Waals surface area contributed by atoms with E-state index in [9.17, 15) is 13.2 Å². The number of amides is 1. The molecule has 33 heavy (non-hydrogen) atoms. The molecule has 0 saturated carbocycles. The van der Waals surface area contributed by atoms with Crippen LogP contribution in [0.1, 0.15) is 42.9 Å². The number of hydrogen-bond acceptors (Lipinski definition) is 5. The molecule has 0 radical (unpaired) electrons. The number of methoxy groups -OCH3 is 1. The minimum atomic E-state index is -3.74. The highest BCUT2D eigenvalue weighted by atomic mass is 32.2. The first-order valence-corrected chi connectivity index (χ1v) is 13.3. The fourth-order valence-electron chi connectivity index (χ4n) is 4.33. The number of carbonyl (C=O) groups is 1. The average Bonchev–Trinajstić information content (AvgIpc) is 2.78. The van der Waals surface area contributed by atoms with E-state index in [1.807, 2.05) is 31.2 Å². The van der Waals surface area contributed by atoms with Crippen molar-refractivity contribution in [3.05, 3.63) is 59.2 Å². The van der Waals surface area contributed by atoms with Crippen LogP contribution in [0.25, 0.3) is 0 Å². The van der Waals surface area contributed by atoms with Gasteiger partial charge in [-0.1, -0.05) is 36.8 Å². The van der Waals surface area contributed by atoms with Crippen LogP contribution >= 0.6 is 0 Å². The molecule has 180 valence electrons. The molecule has 0 unspecified atom stereocenters. The number of benzene rings is 2. The summed E-state index contributed by atoms with van der Waals surface area (Å²) in [5.41, 5.74) is 3.46. The van der Waals surface area contributed by atoms with Gasteiger partial charge in [0.25, 0.3) is 0 Å². The third-order valence-corrected chi connectivity index (χ3v) is 7.30. The Labute approximate surface area is 197 Å². The van der Waals surface area contributed by atoms with Gasteiger partial charge >= 0.3 is 0 Å². The van der Waals surface area contributed by atoms with Gasteiger partial charge in [-0.15, -0.1) is 0 Å². The Hall–Kier alpha value is -2.58. The molecule has 2 aromatic carbocycles. The Morgan fingerprint density at radius 1 is 1.12 bits per heavy atom. The Morgan fingerprint density at radius 3 is 2.42 bits per heavy atom. The van der Waals surface area contributed by atoms with Crippen molar-refractivity contribution in [3.8, 4) is 5.75 Å². The predicted molar refractivity (Wildman–Crippen MR) is 132 cm³/mol. The minimum absolute atomic E-state index is 0.343. The number of aryl methyl sites for hydroxylation is 1. The van der Waals surface area contributed by atoms with Crippen molar-refractivity contribution in [2.75, 3.05) is 30.8 Å². The first kappa shape index (κ1) is 25.1. The first-order valence-electron chi connectivity index (χ1n) is 11.4. The molecule has 1 heterocycles. The van der Waals surface area contributed by atoms with E-state index >= 15 is 0 Å². The zero-order valence-electron chi connectivity index (χ0n) is 20.0. The standard InChI is InChI=1S/C25H35N3O4S/c1-19-12-13-24(32-3)23(16-19)28(33(4,30)31)20(2)25(29)26-17-21-10-6-7-11-22(21)18-27-14-8-5-9-15-27/h6-7,10-13,16,20H,5,8-9,14-15,17-18H2,1-4H3,(H,26,29)/t20-/m1/s1. The summed E-state index contributed by atoms with van der Waals surface area (Å²) in [6.07, 6.45) is 4.83.